The molecule has 1 aromatic heterocycles. The fourth-order valence-electron chi connectivity index (χ4n) is 1.84. The number of amides is 1. The Hall–Kier alpha value is -2.10. The molecule has 0 aliphatic carbocycles. The van der Waals surface area contributed by atoms with Gasteiger partial charge in [-0.15, -0.1) is 12.4 Å². The van der Waals surface area contributed by atoms with Gasteiger partial charge in [0, 0.05) is 11.0 Å². The molecule has 0 spiro atoms. The van der Waals surface area contributed by atoms with Gasteiger partial charge in [-0.25, -0.2) is 9.97 Å². The first-order valence-electron chi connectivity index (χ1n) is 6.82. The van der Waals surface area contributed by atoms with Gasteiger partial charge in [-0.3, -0.25) is 4.79 Å². The van der Waals surface area contributed by atoms with Crippen molar-refractivity contribution in [2.45, 2.75) is 6.42 Å². The van der Waals surface area contributed by atoms with Crippen molar-refractivity contribution in [1.82, 2.24) is 9.97 Å². The van der Waals surface area contributed by atoms with Gasteiger partial charge in [-0.1, -0.05) is 39.7 Å². The molecule has 1 heterocycles. The van der Waals surface area contributed by atoms with Crippen molar-refractivity contribution in [3.05, 3.63) is 45.1 Å². The van der Waals surface area contributed by atoms with E-state index in [4.69, 9.17) is 28.8 Å². The summed E-state index contributed by atoms with van der Waals surface area (Å²) in [4.78, 5) is 23.1. The number of benzene rings is 1. The fourth-order valence-corrected chi connectivity index (χ4v) is 2.30. The van der Waals surface area contributed by atoms with Gasteiger partial charge < -0.3 is 22.5 Å². The molecule has 0 aliphatic rings. The molecule has 7 N–H and O–H groups in total. The Labute approximate surface area is 163 Å². The van der Waals surface area contributed by atoms with Gasteiger partial charge in [0.15, 0.2) is 28.4 Å². The maximum absolute atomic E-state index is 11.8. The van der Waals surface area contributed by atoms with Crippen molar-refractivity contribution >= 4 is 63.4 Å². The van der Waals surface area contributed by atoms with Crippen LogP contribution in [0.5, 0.6) is 0 Å². The molecule has 0 saturated carbocycles. The number of hydrogen-bond donors (Lipinski definition) is 4. The lowest BCUT2D eigenvalue weighted by atomic mass is 10.1. The van der Waals surface area contributed by atoms with Crippen LogP contribution in [0.3, 0.4) is 0 Å². The van der Waals surface area contributed by atoms with Crippen LogP contribution in [0.2, 0.25) is 5.15 Å². The second-order valence-electron chi connectivity index (χ2n) is 4.74. The molecule has 0 unspecified atom stereocenters. The highest BCUT2D eigenvalue weighted by molar-refractivity contribution is 9.10. The standard InChI is InChI=1S/C14H15BrClN7O.ClH/c15-8-3-1-7(2-4-8)5-6-20-12-10(16)21-9(11(17)22-12)13(24)23-14(18)19;/h1-4H,5-6H2,(H3,17,20,22)(H4,18,19,23,24);1H. The molecule has 0 bridgehead atoms. The van der Waals surface area contributed by atoms with Crippen molar-refractivity contribution in [2.24, 2.45) is 16.5 Å². The zero-order chi connectivity index (χ0) is 17.7. The monoisotopic (exact) mass is 447 g/mol. The van der Waals surface area contributed by atoms with E-state index in [-0.39, 0.29) is 34.9 Å². The number of nitrogen functional groups attached to an aromatic ring is 1. The molecular weight excluding hydrogens is 433 g/mol. The first kappa shape index (κ1) is 20.9. The van der Waals surface area contributed by atoms with Gasteiger partial charge >= 0.3 is 5.91 Å². The van der Waals surface area contributed by atoms with Crippen LogP contribution in [0.25, 0.3) is 0 Å². The molecule has 25 heavy (non-hydrogen) atoms. The Bertz CT molecular complexity index is 779. The summed E-state index contributed by atoms with van der Waals surface area (Å²) in [5, 5.41) is 3.04. The highest BCUT2D eigenvalue weighted by Gasteiger charge is 2.16. The van der Waals surface area contributed by atoms with E-state index in [2.05, 4.69) is 36.2 Å². The first-order chi connectivity index (χ1) is 11.4. The normalized spacial score (nSPS) is 9.84. The second kappa shape index (κ2) is 9.40. The Morgan fingerprint density at radius 1 is 1.24 bits per heavy atom. The molecule has 2 aromatic rings. The number of aliphatic imine (C=N–C) groups is 1. The number of nitrogens with one attached hydrogen (secondary N) is 1. The number of guanidine groups is 1. The summed E-state index contributed by atoms with van der Waals surface area (Å²) in [5.74, 6) is -1.02. The van der Waals surface area contributed by atoms with Crippen LogP contribution in [0.4, 0.5) is 11.6 Å². The lowest BCUT2D eigenvalue weighted by Gasteiger charge is -2.09. The van der Waals surface area contributed by atoms with Crippen LogP contribution in [-0.4, -0.2) is 28.4 Å². The summed E-state index contributed by atoms with van der Waals surface area (Å²) in [5.41, 5.74) is 17.0. The molecule has 11 heteroatoms. The van der Waals surface area contributed by atoms with E-state index in [1.165, 1.54) is 0 Å². The maximum Gasteiger partial charge on any atom is 0.302 e. The van der Waals surface area contributed by atoms with E-state index in [1.54, 1.807) is 0 Å². The summed E-state index contributed by atoms with van der Waals surface area (Å²) < 4.78 is 1.02. The van der Waals surface area contributed by atoms with Gasteiger partial charge in [-0.2, -0.15) is 4.99 Å². The molecule has 2 rings (SSSR count). The number of hydrogen-bond acceptors (Lipinski definition) is 5. The molecule has 1 amide bonds. The molecule has 0 aliphatic heterocycles. The third-order valence-electron chi connectivity index (χ3n) is 2.93. The van der Waals surface area contributed by atoms with Crippen LogP contribution in [0.1, 0.15) is 16.1 Å². The summed E-state index contributed by atoms with van der Waals surface area (Å²) in [6, 6.07) is 7.93. The van der Waals surface area contributed by atoms with E-state index < -0.39 is 11.9 Å². The maximum atomic E-state index is 11.8. The number of aromatic nitrogens is 2. The largest absolute Gasteiger partial charge is 0.382 e. The lowest BCUT2D eigenvalue weighted by molar-refractivity contribution is 0.0998. The smallest absolute Gasteiger partial charge is 0.302 e. The molecule has 134 valence electrons. The minimum Gasteiger partial charge on any atom is -0.382 e. The van der Waals surface area contributed by atoms with Crippen LogP contribution in [0, 0.1) is 0 Å². The summed E-state index contributed by atoms with van der Waals surface area (Å²) >= 11 is 9.41. The van der Waals surface area contributed by atoms with E-state index in [0.29, 0.717) is 6.54 Å². The third kappa shape index (κ3) is 6.04. The van der Waals surface area contributed by atoms with E-state index in [0.717, 1.165) is 16.5 Å². The number of nitrogens with two attached hydrogens (primary N) is 3. The van der Waals surface area contributed by atoms with Crippen LogP contribution < -0.4 is 22.5 Å². The SMILES string of the molecule is Cl.NC(N)=NC(=O)c1nc(Cl)c(NCCc2ccc(Br)cc2)nc1N. The van der Waals surface area contributed by atoms with E-state index in [9.17, 15) is 4.79 Å². The number of carbonyl (C=O) groups is 1. The molecule has 8 nitrogen and oxygen atoms in total. The van der Waals surface area contributed by atoms with Gasteiger partial charge in [0.25, 0.3) is 0 Å². The Kier molecular flexibility index (Phi) is 7.88. The lowest BCUT2D eigenvalue weighted by Crippen LogP contribution is -2.25. The van der Waals surface area contributed by atoms with Crippen molar-refractivity contribution in [1.29, 1.82) is 0 Å². The number of halogens is 3. The highest BCUT2D eigenvalue weighted by atomic mass is 79.9. The first-order valence-corrected chi connectivity index (χ1v) is 7.99. The average Bonchev–Trinajstić information content (AvgIpc) is 2.51. The summed E-state index contributed by atoms with van der Waals surface area (Å²) in [6.45, 7) is 0.566. The van der Waals surface area contributed by atoms with Crippen molar-refractivity contribution < 1.29 is 4.79 Å². The second-order valence-corrected chi connectivity index (χ2v) is 6.02. The predicted molar refractivity (Wildman–Crippen MR) is 105 cm³/mol. The number of rotatable bonds is 5. The Balaban J connectivity index is 0.00000312. The zero-order valence-electron chi connectivity index (χ0n) is 12.9. The number of anilines is 2. The van der Waals surface area contributed by atoms with Crippen molar-refractivity contribution in [3.63, 3.8) is 0 Å². The van der Waals surface area contributed by atoms with E-state index in [1.807, 2.05) is 24.3 Å². The summed E-state index contributed by atoms with van der Waals surface area (Å²) in [6.07, 6.45) is 0.750. The Morgan fingerprint density at radius 3 is 2.48 bits per heavy atom. The number of nitrogens with zero attached hydrogens (tertiary/aromatic N) is 3. The van der Waals surface area contributed by atoms with Crippen molar-refractivity contribution in [3.8, 4) is 0 Å². The number of carbonyl (C=O) groups excluding carboxylic acids is 1. The van der Waals surface area contributed by atoms with Crippen LogP contribution >= 0.6 is 39.9 Å². The Morgan fingerprint density at radius 2 is 1.88 bits per heavy atom. The molecule has 0 saturated heterocycles. The topological polar surface area (TPSA) is 145 Å². The third-order valence-corrected chi connectivity index (χ3v) is 3.73. The molecule has 1 aromatic carbocycles. The van der Waals surface area contributed by atoms with Gasteiger partial charge in [0.1, 0.15) is 0 Å². The quantitative estimate of drug-likeness (QED) is 0.403. The van der Waals surface area contributed by atoms with Crippen LogP contribution in [-0.2, 0) is 6.42 Å². The fraction of sp³-hybridized carbons (Fsp3) is 0.143. The average molecular weight is 449 g/mol. The summed E-state index contributed by atoms with van der Waals surface area (Å²) in [7, 11) is 0. The van der Waals surface area contributed by atoms with Crippen molar-refractivity contribution in [2.75, 3.05) is 17.6 Å². The highest BCUT2D eigenvalue weighted by Crippen LogP contribution is 2.21. The van der Waals surface area contributed by atoms with Gasteiger partial charge in [0.2, 0.25) is 0 Å². The van der Waals surface area contributed by atoms with Gasteiger partial charge in [-0.05, 0) is 24.1 Å². The zero-order valence-corrected chi connectivity index (χ0v) is 16.0. The molecule has 0 fully saturated rings. The van der Waals surface area contributed by atoms with Gasteiger partial charge in [0.05, 0.1) is 0 Å². The molecule has 0 radical (unpaired) electrons. The molecular formula is C14H16BrCl2N7O. The molecule has 0 atom stereocenters. The minimum absolute atomic E-state index is 0. The van der Waals surface area contributed by atoms with E-state index >= 15 is 0 Å². The van der Waals surface area contributed by atoms with Crippen LogP contribution in [0.15, 0.2) is 33.7 Å². The minimum atomic E-state index is -0.802. The predicted octanol–water partition coefficient (Wildman–Crippen LogP) is 1.96.